The molecule has 2 amide bonds. The molecule has 0 saturated carbocycles. The molecule has 0 fully saturated rings. The molecule has 0 aliphatic heterocycles. The predicted octanol–water partition coefficient (Wildman–Crippen LogP) is 1.16. The molecule has 0 radical (unpaired) electrons. The monoisotopic (exact) mass is 482 g/mol. The van der Waals surface area contributed by atoms with Gasteiger partial charge in [-0.05, 0) is 36.4 Å². The van der Waals surface area contributed by atoms with E-state index >= 15 is 0 Å². The third-order valence-electron chi connectivity index (χ3n) is 3.79. The van der Waals surface area contributed by atoms with E-state index in [1.807, 2.05) is 0 Å². The minimum Gasteiger partial charge on any atom is -0.408 e. The van der Waals surface area contributed by atoms with Gasteiger partial charge in [0, 0.05) is 22.8 Å². The molecule has 0 spiro atoms. The van der Waals surface area contributed by atoms with Gasteiger partial charge in [0.1, 0.15) is 0 Å². The Labute approximate surface area is 172 Å². The van der Waals surface area contributed by atoms with Crippen molar-refractivity contribution in [1.29, 1.82) is 0 Å². The smallest absolute Gasteiger partial charge is 0.408 e. The summed E-state index contributed by atoms with van der Waals surface area (Å²) in [5.41, 5.74) is 1.08. The van der Waals surface area contributed by atoms with E-state index in [9.17, 15) is 22.8 Å². The second-order valence-corrected chi connectivity index (χ2v) is 8.54. The first-order chi connectivity index (χ1) is 13.7. The van der Waals surface area contributed by atoms with Gasteiger partial charge in [0.2, 0.25) is 15.9 Å². The molecule has 0 atom stereocenters. The Hall–Kier alpha value is -2.96. The maximum absolute atomic E-state index is 12.4. The molecule has 3 aromatic rings. The van der Waals surface area contributed by atoms with E-state index in [1.165, 1.54) is 31.3 Å². The fourth-order valence-corrected chi connectivity index (χ4v) is 3.99. The van der Waals surface area contributed by atoms with Crippen LogP contribution in [0.1, 0.15) is 10.4 Å². The van der Waals surface area contributed by atoms with Gasteiger partial charge >= 0.3 is 5.76 Å². The zero-order valence-electron chi connectivity index (χ0n) is 14.9. The molecule has 1 aromatic heterocycles. The van der Waals surface area contributed by atoms with Gasteiger partial charge in [0.25, 0.3) is 5.91 Å². The molecule has 3 rings (SSSR count). The number of aromatic nitrogens is 1. The van der Waals surface area contributed by atoms with Gasteiger partial charge in [0.05, 0.1) is 17.0 Å². The minimum atomic E-state index is -4.01. The highest BCUT2D eigenvalue weighted by Gasteiger charge is 2.17. The van der Waals surface area contributed by atoms with Crippen molar-refractivity contribution in [3.8, 4) is 0 Å². The van der Waals surface area contributed by atoms with Crippen LogP contribution in [0.4, 0.5) is 5.69 Å². The SMILES string of the molecule is CNC(=O)c1cc(Br)cc(NC(=O)CNS(=O)(=O)c2ccc3oc(=O)[nH]c3c2)c1. The number of carbonyl (C=O) groups is 2. The Balaban J connectivity index is 1.70. The molecular formula is C17H15BrN4O6S. The van der Waals surface area contributed by atoms with Crippen molar-refractivity contribution in [3.63, 3.8) is 0 Å². The Kier molecular flexibility index (Phi) is 5.86. The first kappa shape index (κ1) is 20.8. The standard InChI is InChI=1S/C17H15BrN4O6S/c1-19-16(24)9-4-10(18)6-11(5-9)21-15(23)8-20-29(26,27)12-2-3-14-13(7-12)22-17(25)28-14/h2-7,20H,8H2,1H3,(H,19,24)(H,21,23)(H,22,25). The van der Waals surface area contributed by atoms with Gasteiger partial charge < -0.3 is 15.1 Å². The average molecular weight is 483 g/mol. The summed E-state index contributed by atoms with van der Waals surface area (Å²) in [6, 6.07) is 8.42. The van der Waals surface area contributed by atoms with Crippen LogP contribution < -0.4 is 21.1 Å². The molecule has 2 aromatic carbocycles. The number of aromatic amines is 1. The Morgan fingerprint density at radius 3 is 2.66 bits per heavy atom. The third-order valence-corrected chi connectivity index (χ3v) is 5.65. The van der Waals surface area contributed by atoms with Gasteiger partial charge in [-0.2, -0.15) is 0 Å². The van der Waals surface area contributed by atoms with Crippen molar-refractivity contribution in [2.75, 3.05) is 18.9 Å². The van der Waals surface area contributed by atoms with E-state index in [2.05, 4.69) is 36.3 Å². The number of hydrogen-bond acceptors (Lipinski definition) is 6. The van der Waals surface area contributed by atoms with Gasteiger partial charge in [-0.15, -0.1) is 0 Å². The summed E-state index contributed by atoms with van der Waals surface area (Å²) >= 11 is 3.25. The van der Waals surface area contributed by atoms with Crippen molar-refractivity contribution >= 4 is 54.6 Å². The second kappa shape index (κ2) is 8.19. The zero-order valence-corrected chi connectivity index (χ0v) is 17.3. The van der Waals surface area contributed by atoms with Crippen LogP contribution in [0.5, 0.6) is 0 Å². The molecule has 0 bridgehead atoms. The number of nitrogens with one attached hydrogen (secondary N) is 4. The van der Waals surface area contributed by atoms with Crippen molar-refractivity contribution in [3.05, 3.63) is 57.0 Å². The van der Waals surface area contributed by atoms with Crippen molar-refractivity contribution in [2.45, 2.75) is 4.90 Å². The third kappa shape index (κ3) is 4.91. The van der Waals surface area contributed by atoms with Crippen LogP contribution in [0.2, 0.25) is 0 Å². The van der Waals surface area contributed by atoms with Crippen molar-refractivity contribution < 1.29 is 22.4 Å². The molecule has 29 heavy (non-hydrogen) atoms. The number of benzene rings is 2. The van der Waals surface area contributed by atoms with Gasteiger partial charge in [-0.25, -0.2) is 17.9 Å². The number of sulfonamides is 1. The lowest BCUT2D eigenvalue weighted by molar-refractivity contribution is -0.115. The summed E-state index contributed by atoms with van der Waals surface area (Å²) in [4.78, 5) is 37.3. The first-order valence-electron chi connectivity index (χ1n) is 8.13. The zero-order chi connectivity index (χ0) is 21.2. The Morgan fingerprint density at radius 2 is 1.93 bits per heavy atom. The summed E-state index contributed by atoms with van der Waals surface area (Å²) < 4.78 is 32.4. The molecule has 0 unspecified atom stereocenters. The molecule has 10 nitrogen and oxygen atoms in total. The number of amides is 2. The summed E-state index contributed by atoms with van der Waals surface area (Å²) in [5, 5.41) is 4.99. The quantitative estimate of drug-likeness (QED) is 0.413. The molecular weight excluding hydrogens is 468 g/mol. The second-order valence-electron chi connectivity index (χ2n) is 5.85. The largest absolute Gasteiger partial charge is 0.417 e. The number of fused-ring (bicyclic) bond motifs is 1. The van der Waals surface area contributed by atoms with E-state index in [0.29, 0.717) is 15.7 Å². The molecule has 152 valence electrons. The molecule has 0 aliphatic carbocycles. The molecule has 0 saturated heterocycles. The number of oxazole rings is 1. The molecule has 1 heterocycles. The number of carbonyl (C=O) groups excluding carboxylic acids is 2. The summed E-state index contributed by atoms with van der Waals surface area (Å²) in [6.45, 7) is -0.538. The van der Waals surface area contributed by atoms with E-state index < -0.39 is 28.2 Å². The van der Waals surface area contributed by atoms with E-state index in [1.54, 1.807) is 12.1 Å². The topological polar surface area (TPSA) is 150 Å². The number of halogens is 1. The van der Waals surface area contributed by atoms with Gasteiger partial charge in [0.15, 0.2) is 5.58 Å². The Bertz CT molecular complexity index is 1260. The van der Waals surface area contributed by atoms with E-state index in [4.69, 9.17) is 4.42 Å². The Morgan fingerprint density at radius 1 is 1.17 bits per heavy atom. The minimum absolute atomic E-state index is 0.140. The van der Waals surface area contributed by atoms with Crippen LogP contribution in [-0.4, -0.2) is 38.8 Å². The molecule has 12 heteroatoms. The number of anilines is 1. The van der Waals surface area contributed by atoms with E-state index in [0.717, 1.165) is 0 Å². The summed E-state index contributed by atoms with van der Waals surface area (Å²) in [5.74, 6) is -1.67. The predicted molar refractivity (Wildman–Crippen MR) is 108 cm³/mol. The van der Waals surface area contributed by atoms with Gasteiger partial charge in [-0.1, -0.05) is 15.9 Å². The lowest BCUT2D eigenvalue weighted by atomic mass is 10.2. The number of H-pyrrole nitrogens is 1. The number of hydrogen-bond donors (Lipinski definition) is 4. The lowest BCUT2D eigenvalue weighted by Crippen LogP contribution is -2.33. The summed E-state index contributed by atoms with van der Waals surface area (Å²) in [6.07, 6.45) is 0. The highest BCUT2D eigenvalue weighted by Crippen LogP contribution is 2.20. The number of rotatable bonds is 6. The maximum Gasteiger partial charge on any atom is 0.417 e. The van der Waals surface area contributed by atoms with Crippen LogP contribution in [0, 0.1) is 0 Å². The molecule has 0 aliphatic rings. The van der Waals surface area contributed by atoms with Crippen molar-refractivity contribution in [2.24, 2.45) is 0 Å². The summed E-state index contributed by atoms with van der Waals surface area (Å²) in [7, 11) is -2.53. The average Bonchev–Trinajstić information content (AvgIpc) is 3.04. The van der Waals surface area contributed by atoms with Crippen LogP contribution in [-0.2, 0) is 14.8 Å². The maximum atomic E-state index is 12.4. The van der Waals surface area contributed by atoms with Gasteiger partial charge in [-0.3, -0.25) is 14.6 Å². The van der Waals surface area contributed by atoms with E-state index in [-0.39, 0.29) is 21.9 Å². The van der Waals surface area contributed by atoms with Crippen LogP contribution >= 0.6 is 15.9 Å². The van der Waals surface area contributed by atoms with Crippen LogP contribution in [0.3, 0.4) is 0 Å². The van der Waals surface area contributed by atoms with Crippen molar-refractivity contribution in [1.82, 2.24) is 15.0 Å². The lowest BCUT2D eigenvalue weighted by Gasteiger charge is -2.10. The fourth-order valence-electron chi connectivity index (χ4n) is 2.48. The highest BCUT2D eigenvalue weighted by molar-refractivity contribution is 9.10. The van der Waals surface area contributed by atoms with Crippen LogP contribution in [0.15, 0.2) is 55.0 Å². The highest BCUT2D eigenvalue weighted by atomic mass is 79.9. The first-order valence-corrected chi connectivity index (χ1v) is 10.4. The molecule has 4 N–H and O–H groups in total. The normalized spacial score (nSPS) is 11.4. The fraction of sp³-hybridized carbons (Fsp3) is 0.118. The van der Waals surface area contributed by atoms with Crippen LogP contribution in [0.25, 0.3) is 11.1 Å².